The first-order chi connectivity index (χ1) is 9.14. The Morgan fingerprint density at radius 3 is 2.37 bits per heavy atom. The summed E-state index contributed by atoms with van der Waals surface area (Å²) in [6.07, 6.45) is 5.50. The molecule has 5 N–H and O–H groups in total. The van der Waals surface area contributed by atoms with E-state index >= 15 is 0 Å². The maximum absolute atomic E-state index is 12.2. The van der Waals surface area contributed by atoms with Gasteiger partial charge in [0.2, 0.25) is 5.91 Å². The summed E-state index contributed by atoms with van der Waals surface area (Å²) in [5.74, 6) is 0.308. The average molecular weight is 272 g/mol. The second kappa shape index (κ2) is 6.17. The van der Waals surface area contributed by atoms with E-state index in [0.717, 1.165) is 19.3 Å². The standard InChI is InChI=1S/C13H24N2O4/c16-6-13(7-17,8-18)15-12(19)11-5-9-3-1-2-4-10(9)14-11/h9-11,14,16-18H,1-8H2,(H,15,19). The fraction of sp³-hybridized carbons (Fsp3) is 0.923. The van der Waals surface area contributed by atoms with E-state index in [1.807, 2.05) is 0 Å². The largest absolute Gasteiger partial charge is 0.394 e. The van der Waals surface area contributed by atoms with Gasteiger partial charge in [-0.05, 0) is 25.2 Å². The normalized spacial score (nSPS) is 31.0. The zero-order valence-electron chi connectivity index (χ0n) is 11.1. The highest BCUT2D eigenvalue weighted by molar-refractivity contribution is 5.83. The van der Waals surface area contributed by atoms with Crippen LogP contribution in [0.3, 0.4) is 0 Å². The molecule has 3 unspecified atom stereocenters. The van der Waals surface area contributed by atoms with Crippen molar-refractivity contribution in [3.63, 3.8) is 0 Å². The van der Waals surface area contributed by atoms with Crippen LogP contribution in [0.25, 0.3) is 0 Å². The van der Waals surface area contributed by atoms with Crippen molar-refractivity contribution in [2.24, 2.45) is 5.92 Å². The molecule has 1 saturated carbocycles. The predicted octanol–water partition coefficient (Wildman–Crippen LogP) is -1.26. The summed E-state index contributed by atoms with van der Waals surface area (Å²) in [5.41, 5.74) is -1.33. The SMILES string of the molecule is O=C(NC(CO)(CO)CO)C1CC2CCCCC2N1. The van der Waals surface area contributed by atoms with E-state index in [-0.39, 0.29) is 11.9 Å². The highest BCUT2D eigenvalue weighted by Crippen LogP contribution is 2.33. The number of hydrogen-bond acceptors (Lipinski definition) is 5. The minimum absolute atomic E-state index is 0.244. The summed E-state index contributed by atoms with van der Waals surface area (Å²) >= 11 is 0. The van der Waals surface area contributed by atoms with Crippen molar-refractivity contribution in [3.8, 4) is 0 Å². The second-order valence-corrected chi connectivity index (χ2v) is 5.85. The van der Waals surface area contributed by atoms with Crippen molar-refractivity contribution in [2.75, 3.05) is 19.8 Å². The zero-order valence-corrected chi connectivity index (χ0v) is 11.1. The summed E-state index contributed by atoms with van der Waals surface area (Å²) < 4.78 is 0. The molecule has 6 nitrogen and oxygen atoms in total. The fourth-order valence-electron chi connectivity index (χ4n) is 3.14. The second-order valence-electron chi connectivity index (χ2n) is 5.85. The molecule has 0 spiro atoms. The molecule has 0 radical (unpaired) electrons. The Labute approximate surface area is 113 Å². The van der Waals surface area contributed by atoms with Gasteiger partial charge in [-0.25, -0.2) is 0 Å². The highest BCUT2D eigenvalue weighted by Gasteiger charge is 2.40. The van der Waals surface area contributed by atoms with Crippen LogP contribution >= 0.6 is 0 Å². The molecular weight excluding hydrogens is 248 g/mol. The van der Waals surface area contributed by atoms with E-state index in [9.17, 15) is 20.1 Å². The molecule has 110 valence electrons. The molecule has 19 heavy (non-hydrogen) atoms. The number of rotatable bonds is 5. The van der Waals surface area contributed by atoms with Gasteiger partial charge < -0.3 is 26.0 Å². The number of amides is 1. The van der Waals surface area contributed by atoms with Crippen molar-refractivity contribution >= 4 is 5.91 Å². The Morgan fingerprint density at radius 2 is 1.79 bits per heavy atom. The van der Waals surface area contributed by atoms with Crippen LogP contribution in [0, 0.1) is 5.92 Å². The number of aliphatic hydroxyl groups excluding tert-OH is 3. The Bertz CT molecular complexity index is 298. The predicted molar refractivity (Wildman–Crippen MR) is 69.4 cm³/mol. The van der Waals surface area contributed by atoms with E-state index in [1.54, 1.807) is 0 Å². The van der Waals surface area contributed by atoms with Crippen molar-refractivity contribution in [3.05, 3.63) is 0 Å². The van der Waals surface area contributed by atoms with Gasteiger partial charge in [0, 0.05) is 6.04 Å². The lowest BCUT2D eigenvalue weighted by Gasteiger charge is -2.30. The zero-order chi connectivity index (χ0) is 13.9. The molecule has 2 fully saturated rings. The number of carbonyl (C=O) groups is 1. The van der Waals surface area contributed by atoms with Crippen LogP contribution in [0.15, 0.2) is 0 Å². The molecule has 0 bridgehead atoms. The lowest BCUT2D eigenvalue weighted by molar-refractivity contribution is -0.127. The van der Waals surface area contributed by atoms with Gasteiger partial charge in [-0.1, -0.05) is 12.8 Å². The Hall–Kier alpha value is -0.690. The van der Waals surface area contributed by atoms with Gasteiger partial charge in [0.15, 0.2) is 0 Å². The fourth-order valence-corrected chi connectivity index (χ4v) is 3.14. The number of hydrogen-bond donors (Lipinski definition) is 5. The monoisotopic (exact) mass is 272 g/mol. The van der Waals surface area contributed by atoms with E-state index in [0.29, 0.717) is 12.0 Å². The maximum Gasteiger partial charge on any atom is 0.237 e. The number of aliphatic hydroxyl groups is 3. The molecule has 1 saturated heterocycles. The first kappa shape index (κ1) is 14.7. The van der Waals surface area contributed by atoms with E-state index in [2.05, 4.69) is 10.6 Å². The topological polar surface area (TPSA) is 102 Å². The van der Waals surface area contributed by atoms with Gasteiger partial charge in [0.05, 0.1) is 25.9 Å². The molecule has 1 aliphatic carbocycles. The Kier molecular flexibility index (Phi) is 4.78. The van der Waals surface area contributed by atoms with Gasteiger partial charge in [0.1, 0.15) is 5.54 Å². The van der Waals surface area contributed by atoms with Crippen molar-refractivity contribution in [2.45, 2.75) is 49.7 Å². The molecule has 3 atom stereocenters. The van der Waals surface area contributed by atoms with E-state index < -0.39 is 25.4 Å². The molecule has 0 aromatic carbocycles. The lowest BCUT2D eigenvalue weighted by atomic mass is 9.85. The van der Waals surface area contributed by atoms with Crippen LogP contribution in [-0.4, -0.2) is 58.7 Å². The van der Waals surface area contributed by atoms with Gasteiger partial charge in [-0.3, -0.25) is 4.79 Å². The van der Waals surface area contributed by atoms with Crippen LogP contribution in [-0.2, 0) is 4.79 Å². The summed E-state index contributed by atoms with van der Waals surface area (Å²) in [5, 5.41) is 33.6. The van der Waals surface area contributed by atoms with Crippen LogP contribution < -0.4 is 10.6 Å². The molecule has 0 aromatic rings. The number of fused-ring (bicyclic) bond motifs is 1. The first-order valence-electron chi connectivity index (χ1n) is 7.05. The smallest absolute Gasteiger partial charge is 0.237 e. The lowest BCUT2D eigenvalue weighted by Crippen LogP contribution is -2.60. The van der Waals surface area contributed by atoms with Gasteiger partial charge in [-0.15, -0.1) is 0 Å². The van der Waals surface area contributed by atoms with Crippen LogP contribution in [0.1, 0.15) is 32.1 Å². The first-order valence-corrected chi connectivity index (χ1v) is 7.05. The van der Waals surface area contributed by atoms with Crippen molar-refractivity contribution in [1.29, 1.82) is 0 Å². The van der Waals surface area contributed by atoms with Crippen molar-refractivity contribution in [1.82, 2.24) is 10.6 Å². The Balaban J connectivity index is 1.93. The summed E-state index contributed by atoms with van der Waals surface area (Å²) in [6.45, 7) is -1.44. The van der Waals surface area contributed by atoms with Gasteiger partial charge in [-0.2, -0.15) is 0 Å². The Morgan fingerprint density at radius 1 is 1.16 bits per heavy atom. The van der Waals surface area contributed by atoms with Gasteiger partial charge >= 0.3 is 0 Å². The minimum Gasteiger partial charge on any atom is -0.394 e. The molecule has 2 rings (SSSR count). The van der Waals surface area contributed by atoms with Crippen molar-refractivity contribution < 1.29 is 20.1 Å². The molecule has 1 aliphatic heterocycles. The maximum atomic E-state index is 12.2. The summed E-state index contributed by atoms with van der Waals surface area (Å²) in [7, 11) is 0. The number of carbonyl (C=O) groups excluding carboxylic acids is 1. The van der Waals surface area contributed by atoms with Crippen LogP contribution in [0.4, 0.5) is 0 Å². The summed E-state index contributed by atoms with van der Waals surface area (Å²) in [6, 6.07) is 0.133. The molecule has 2 aliphatic rings. The average Bonchev–Trinajstić information content (AvgIpc) is 2.89. The molecule has 0 aromatic heterocycles. The third kappa shape index (κ3) is 3.08. The third-order valence-electron chi connectivity index (χ3n) is 4.48. The quantitative estimate of drug-likeness (QED) is 0.430. The van der Waals surface area contributed by atoms with Crippen LogP contribution in [0.2, 0.25) is 0 Å². The third-order valence-corrected chi connectivity index (χ3v) is 4.48. The van der Waals surface area contributed by atoms with Crippen LogP contribution in [0.5, 0.6) is 0 Å². The molecular formula is C13H24N2O4. The number of nitrogens with one attached hydrogen (secondary N) is 2. The highest BCUT2D eigenvalue weighted by atomic mass is 16.3. The molecule has 6 heteroatoms. The van der Waals surface area contributed by atoms with E-state index in [1.165, 1.54) is 12.8 Å². The molecule has 1 heterocycles. The molecule has 1 amide bonds. The summed E-state index contributed by atoms with van der Waals surface area (Å²) in [4.78, 5) is 12.2. The van der Waals surface area contributed by atoms with Gasteiger partial charge in [0.25, 0.3) is 0 Å². The minimum atomic E-state index is -1.33. The van der Waals surface area contributed by atoms with E-state index in [4.69, 9.17) is 0 Å².